The highest BCUT2D eigenvalue weighted by Crippen LogP contribution is 2.48. The lowest BCUT2D eigenvalue weighted by Gasteiger charge is -2.12. The fourth-order valence-corrected chi connectivity index (χ4v) is 2.39. The van der Waals surface area contributed by atoms with Crippen molar-refractivity contribution in [3.8, 4) is 5.69 Å². The maximum atomic E-state index is 13.8. The van der Waals surface area contributed by atoms with Crippen LogP contribution in [0.5, 0.6) is 0 Å². The maximum absolute atomic E-state index is 13.8. The van der Waals surface area contributed by atoms with Crippen LogP contribution in [0.3, 0.4) is 0 Å². The van der Waals surface area contributed by atoms with Gasteiger partial charge in [-0.15, -0.1) is 0 Å². The van der Waals surface area contributed by atoms with Crippen molar-refractivity contribution in [2.75, 3.05) is 0 Å². The van der Waals surface area contributed by atoms with Crippen molar-refractivity contribution in [2.24, 2.45) is 0 Å². The summed E-state index contributed by atoms with van der Waals surface area (Å²) in [6.07, 6.45) is -1.03. The van der Waals surface area contributed by atoms with E-state index in [9.17, 15) is 18.0 Å². The zero-order valence-electron chi connectivity index (χ0n) is 11.7. The smallest absolute Gasteiger partial charge is 0.338 e. The normalized spacial score (nSPS) is 16.0. The summed E-state index contributed by atoms with van der Waals surface area (Å²) in [6, 6.07) is 4.81. The topological polar surface area (TPSA) is 55.1 Å². The number of nitrogens with zero attached hydrogens (tertiary/aromatic N) is 2. The Labute approximate surface area is 124 Å². The largest absolute Gasteiger partial charge is 0.478 e. The molecule has 4 nitrogen and oxygen atoms in total. The van der Waals surface area contributed by atoms with Gasteiger partial charge in [0.25, 0.3) is 6.43 Å². The van der Waals surface area contributed by atoms with E-state index in [-0.39, 0.29) is 16.8 Å². The lowest BCUT2D eigenvalue weighted by Crippen LogP contribution is -2.11. The summed E-state index contributed by atoms with van der Waals surface area (Å²) in [4.78, 5) is 10.8. The molecule has 1 saturated carbocycles. The van der Waals surface area contributed by atoms with Crippen LogP contribution in [0.25, 0.3) is 5.69 Å². The fraction of sp³-hybridized carbons (Fsp3) is 0.333. The first-order valence-corrected chi connectivity index (χ1v) is 6.74. The lowest BCUT2D eigenvalue weighted by molar-refractivity contribution is 0.0692. The summed E-state index contributed by atoms with van der Waals surface area (Å²) in [5.41, 5.74) is -0.264. The number of hydrogen-bond donors (Lipinski definition) is 1. The molecular weight excluding hydrogens is 297 g/mol. The van der Waals surface area contributed by atoms with Gasteiger partial charge in [0.2, 0.25) is 0 Å². The van der Waals surface area contributed by atoms with Crippen LogP contribution in [0.1, 0.15) is 47.9 Å². The lowest BCUT2D eigenvalue weighted by atomic mass is 10.0. The van der Waals surface area contributed by atoms with E-state index in [1.807, 2.05) is 6.92 Å². The number of rotatable bonds is 4. The molecule has 1 aromatic carbocycles. The van der Waals surface area contributed by atoms with Crippen molar-refractivity contribution in [2.45, 2.75) is 31.6 Å². The van der Waals surface area contributed by atoms with E-state index in [1.165, 1.54) is 16.8 Å². The Morgan fingerprint density at radius 1 is 1.36 bits per heavy atom. The molecule has 1 aliphatic carbocycles. The van der Waals surface area contributed by atoms with Crippen LogP contribution in [0, 0.1) is 5.82 Å². The number of carboxylic acid groups (broad SMARTS) is 1. The van der Waals surface area contributed by atoms with E-state index >= 15 is 0 Å². The zero-order valence-corrected chi connectivity index (χ0v) is 11.7. The summed E-state index contributed by atoms with van der Waals surface area (Å²) in [5.74, 6) is -2.31. The first-order valence-electron chi connectivity index (χ1n) is 6.74. The zero-order chi connectivity index (χ0) is 16.1. The molecule has 116 valence electrons. The second kappa shape index (κ2) is 4.86. The second-order valence-electron chi connectivity index (χ2n) is 5.70. The second-order valence-corrected chi connectivity index (χ2v) is 5.70. The SMILES string of the molecule is CC1(c2cc(C(F)F)nn2-c2ccc(C(=O)O)c(F)c2)CC1. The van der Waals surface area contributed by atoms with Crippen molar-refractivity contribution in [1.82, 2.24) is 9.78 Å². The summed E-state index contributed by atoms with van der Waals surface area (Å²) < 4.78 is 40.9. The van der Waals surface area contributed by atoms with Crippen molar-refractivity contribution in [3.05, 3.63) is 47.0 Å². The molecule has 1 fully saturated rings. The van der Waals surface area contributed by atoms with Crippen molar-refractivity contribution < 1.29 is 23.1 Å². The number of alkyl halides is 2. The third-order valence-electron chi connectivity index (χ3n) is 4.00. The molecular formula is C15H13F3N2O2. The molecule has 0 amide bonds. The highest BCUT2D eigenvalue weighted by Gasteiger charge is 2.43. The Bertz CT molecular complexity index is 751. The van der Waals surface area contributed by atoms with Gasteiger partial charge in [0.15, 0.2) is 0 Å². The molecule has 0 radical (unpaired) electrons. The molecule has 0 saturated heterocycles. The summed E-state index contributed by atoms with van der Waals surface area (Å²) >= 11 is 0. The average molecular weight is 310 g/mol. The van der Waals surface area contributed by atoms with E-state index in [0.717, 1.165) is 25.0 Å². The van der Waals surface area contributed by atoms with Gasteiger partial charge in [-0.3, -0.25) is 0 Å². The van der Waals surface area contributed by atoms with Gasteiger partial charge in [0.1, 0.15) is 11.5 Å². The molecule has 1 heterocycles. The van der Waals surface area contributed by atoms with Gasteiger partial charge in [-0.25, -0.2) is 22.6 Å². The molecule has 0 aliphatic heterocycles. The molecule has 1 N–H and O–H groups in total. The summed E-state index contributed by atoms with van der Waals surface area (Å²) in [5, 5.41) is 12.7. The molecule has 0 bridgehead atoms. The predicted octanol–water partition coefficient (Wildman–Crippen LogP) is 3.70. The van der Waals surface area contributed by atoms with Crippen LogP contribution in [0.15, 0.2) is 24.3 Å². The highest BCUT2D eigenvalue weighted by atomic mass is 19.3. The summed E-state index contributed by atoms with van der Waals surface area (Å²) in [7, 11) is 0. The Morgan fingerprint density at radius 3 is 2.55 bits per heavy atom. The molecule has 22 heavy (non-hydrogen) atoms. The average Bonchev–Trinajstić information content (AvgIpc) is 3.03. The molecule has 0 atom stereocenters. The maximum Gasteiger partial charge on any atom is 0.338 e. The van der Waals surface area contributed by atoms with Gasteiger partial charge in [-0.05, 0) is 31.0 Å². The molecule has 7 heteroatoms. The van der Waals surface area contributed by atoms with Crippen LogP contribution in [-0.4, -0.2) is 20.9 Å². The Kier molecular flexibility index (Phi) is 3.23. The standard InChI is InChI=1S/C15H13F3N2O2/c1-15(4-5-15)12-7-11(13(17)18)19-20(12)8-2-3-9(14(21)22)10(16)6-8/h2-3,6-7,13H,4-5H2,1H3,(H,21,22). The van der Waals surface area contributed by atoms with E-state index in [2.05, 4.69) is 5.10 Å². The summed E-state index contributed by atoms with van der Waals surface area (Å²) in [6.45, 7) is 1.93. The van der Waals surface area contributed by atoms with Crippen molar-refractivity contribution in [3.63, 3.8) is 0 Å². The quantitative estimate of drug-likeness (QED) is 0.937. The van der Waals surface area contributed by atoms with Gasteiger partial charge in [-0.2, -0.15) is 5.10 Å². The van der Waals surface area contributed by atoms with Crippen LogP contribution in [-0.2, 0) is 5.41 Å². The molecule has 0 spiro atoms. The number of aromatic carboxylic acids is 1. The van der Waals surface area contributed by atoms with Gasteiger partial charge >= 0.3 is 5.97 Å². The first kappa shape index (κ1) is 14.6. The van der Waals surface area contributed by atoms with E-state index in [1.54, 1.807) is 0 Å². The van der Waals surface area contributed by atoms with E-state index in [0.29, 0.717) is 5.69 Å². The minimum absolute atomic E-state index is 0.234. The number of aromatic nitrogens is 2. The fourth-order valence-electron chi connectivity index (χ4n) is 2.39. The molecule has 0 unspecified atom stereocenters. The molecule has 1 aliphatic rings. The van der Waals surface area contributed by atoms with Crippen molar-refractivity contribution >= 4 is 5.97 Å². The third-order valence-corrected chi connectivity index (χ3v) is 4.00. The predicted molar refractivity (Wildman–Crippen MR) is 72.0 cm³/mol. The Morgan fingerprint density at radius 2 is 2.05 bits per heavy atom. The number of halogens is 3. The molecule has 3 rings (SSSR count). The number of hydrogen-bond acceptors (Lipinski definition) is 2. The highest BCUT2D eigenvalue weighted by molar-refractivity contribution is 5.88. The van der Waals surface area contributed by atoms with Crippen LogP contribution >= 0.6 is 0 Å². The first-order chi connectivity index (χ1) is 10.3. The van der Waals surface area contributed by atoms with Gasteiger partial charge in [0, 0.05) is 11.5 Å². The van der Waals surface area contributed by atoms with Gasteiger partial charge < -0.3 is 5.11 Å². The molecule has 1 aromatic heterocycles. The van der Waals surface area contributed by atoms with Gasteiger partial charge in [-0.1, -0.05) is 6.92 Å². The third kappa shape index (κ3) is 2.36. The minimum Gasteiger partial charge on any atom is -0.478 e. The van der Waals surface area contributed by atoms with Crippen LogP contribution < -0.4 is 0 Å². The van der Waals surface area contributed by atoms with E-state index in [4.69, 9.17) is 5.11 Å². The van der Waals surface area contributed by atoms with E-state index < -0.39 is 23.8 Å². The van der Waals surface area contributed by atoms with Gasteiger partial charge in [0.05, 0.1) is 16.9 Å². The monoisotopic (exact) mass is 310 g/mol. The van der Waals surface area contributed by atoms with Crippen LogP contribution in [0.2, 0.25) is 0 Å². The number of carbonyl (C=O) groups is 1. The molecule has 2 aromatic rings. The minimum atomic E-state index is -2.72. The Hall–Kier alpha value is -2.31. The Balaban J connectivity index is 2.11. The number of benzene rings is 1. The number of carboxylic acids is 1. The van der Waals surface area contributed by atoms with Crippen molar-refractivity contribution in [1.29, 1.82) is 0 Å². The van der Waals surface area contributed by atoms with Crippen LogP contribution in [0.4, 0.5) is 13.2 Å².